The van der Waals surface area contributed by atoms with E-state index in [2.05, 4.69) is 39.1 Å². The summed E-state index contributed by atoms with van der Waals surface area (Å²) in [4.78, 5) is 4.35. The normalized spacial score (nSPS) is 12.2. The first-order valence-electron chi connectivity index (χ1n) is 8.70. The van der Waals surface area contributed by atoms with Crippen molar-refractivity contribution in [2.75, 3.05) is 0 Å². The molecule has 0 aliphatic heterocycles. The number of hydrogen-bond acceptors (Lipinski definition) is 4. The van der Waals surface area contributed by atoms with E-state index < -0.39 is 0 Å². The predicted octanol–water partition coefficient (Wildman–Crippen LogP) is 3.99. The molecule has 1 atom stereocenters. The second-order valence-electron chi connectivity index (χ2n) is 6.25. The first-order chi connectivity index (χ1) is 13.2. The largest absolute Gasteiger partial charge is 0.377 e. The molecule has 2 N–H and O–H groups in total. The van der Waals surface area contributed by atoms with Gasteiger partial charge in [-0.3, -0.25) is 10.1 Å². The first-order valence-corrected chi connectivity index (χ1v) is 8.70. The molecule has 0 aliphatic rings. The van der Waals surface area contributed by atoms with Gasteiger partial charge in [0, 0.05) is 29.0 Å². The van der Waals surface area contributed by atoms with Crippen LogP contribution in [0.5, 0.6) is 0 Å². The van der Waals surface area contributed by atoms with Crippen LogP contribution in [0.25, 0.3) is 22.3 Å². The summed E-state index contributed by atoms with van der Waals surface area (Å²) in [6.45, 7) is 6.29. The van der Waals surface area contributed by atoms with Gasteiger partial charge in [-0.2, -0.15) is 10.2 Å². The summed E-state index contributed by atoms with van der Waals surface area (Å²) in [6.07, 6.45) is 7.90. The molecule has 6 nitrogen and oxygen atoms in total. The molecule has 3 heterocycles. The van der Waals surface area contributed by atoms with Gasteiger partial charge in [0.05, 0.1) is 35.3 Å². The van der Waals surface area contributed by atoms with E-state index in [4.69, 9.17) is 0 Å². The zero-order valence-electron chi connectivity index (χ0n) is 14.9. The van der Waals surface area contributed by atoms with Crippen molar-refractivity contribution in [3.05, 3.63) is 78.8 Å². The van der Waals surface area contributed by atoms with Gasteiger partial charge in [0.15, 0.2) is 0 Å². The summed E-state index contributed by atoms with van der Waals surface area (Å²) < 4.78 is 15.0. The van der Waals surface area contributed by atoms with Gasteiger partial charge in [-0.05, 0) is 36.8 Å². The van der Waals surface area contributed by atoms with E-state index >= 15 is 0 Å². The van der Waals surface area contributed by atoms with E-state index in [9.17, 15) is 4.39 Å². The Morgan fingerprint density at radius 3 is 2.74 bits per heavy atom. The number of pyridine rings is 1. The Balaban J connectivity index is 1.68. The smallest absolute Gasteiger partial charge is 0.123 e. The Morgan fingerprint density at radius 2 is 2.04 bits per heavy atom. The number of hydrogen-bond donors (Lipinski definition) is 2. The minimum Gasteiger partial charge on any atom is -0.377 e. The Labute approximate surface area is 155 Å². The molecule has 0 fully saturated rings. The van der Waals surface area contributed by atoms with E-state index in [1.54, 1.807) is 41.6 Å². The maximum absolute atomic E-state index is 13.2. The van der Waals surface area contributed by atoms with Crippen LogP contribution in [0, 0.1) is 5.82 Å². The van der Waals surface area contributed by atoms with Gasteiger partial charge in [-0.25, -0.2) is 9.07 Å². The van der Waals surface area contributed by atoms with Gasteiger partial charge in [0.2, 0.25) is 0 Å². The summed E-state index contributed by atoms with van der Waals surface area (Å²) >= 11 is 0. The number of halogens is 1. The lowest BCUT2D eigenvalue weighted by Gasteiger charge is -2.19. The molecule has 0 bridgehead atoms. The molecule has 4 rings (SSSR count). The summed E-state index contributed by atoms with van der Waals surface area (Å²) in [6, 6.07) is 8.22. The molecule has 27 heavy (non-hydrogen) atoms. The molecule has 0 aliphatic carbocycles. The molecule has 1 aromatic carbocycles. The number of H-pyrrole nitrogens is 1. The molecule has 0 saturated carbocycles. The highest BCUT2D eigenvalue weighted by Crippen LogP contribution is 2.26. The molecule has 0 spiro atoms. The van der Waals surface area contributed by atoms with Crippen LogP contribution in [0.3, 0.4) is 0 Å². The topological polar surface area (TPSA) is 71.4 Å². The standard InChI is InChI=1S/C20H19FN6/c1-3-18(19-8-9-23-26-19)25-13(2)16-10-22-12-20-17(16)11-24-27(20)15-6-4-14(21)5-7-15/h4-12,18,25H,2-3H2,1H3,(H,23,26)/t18-/m0/s1. The fourth-order valence-electron chi connectivity index (χ4n) is 3.12. The lowest BCUT2D eigenvalue weighted by atomic mass is 10.1. The van der Waals surface area contributed by atoms with E-state index in [1.807, 2.05) is 6.07 Å². The molecule has 0 unspecified atom stereocenters. The van der Waals surface area contributed by atoms with E-state index in [0.717, 1.165) is 40.0 Å². The fourth-order valence-corrected chi connectivity index (χ4v) is 3.12. The maximum atomic E-state index is 13.2. The van der Waals surface area contributed by atoms with Gasteiger partial charge in [0.1, 0.15) is 5.82 Å². The van der Waals surface area contributed by atoms with Crippen molar-refractivity contribution in [1.82, 2.24) is 30.3 Å². The van der Waals surface area contributed by atoms with Gasteiger partial charge in [-0.1, -0.05) is 13.5 Å². The lowest BCUT2D eigenvalue weighted by molar-refractivity contribution is 0.595. The van der Waals surface area contributed by atoms with E-state index in [1.165, 1.54) is 12.1 Å². The summed E-state index contributed by atoms with van der Waals surface area (Å²) in [5.41, 5.74) is 4.23. The van der Waals surface area contributed by atoms with Gasteiger partial charge in [-0.15, -0.1) is 0 Å². The Hall–Kier alpha value is -3.48. The van der Waals surface area contributed by atoms with Crippen molar-refractivity contribution < 1.29 is 4.39 Å². The van der Waals surface area contributed by atoms with Crippen molar-refractivity contribution in [3.63, 3.8) is 0 Å². The Kier molecular flexibility index (Phi) is 4.42. The lowest BCUT2D eigenvalue weighted by Crippen LogP contribution is -2.19. The van der Waals surface area contributed by atoms with Crippen molar-refractivity contribution in [3.8, 4) is 5.69 Å². The second kappa shape index (κ2) is 7.03. The zero-order valence-corrected chi connectivity index (χ0v) is 14.9. The Bertz CT molecular complexity index is 1070. The third kappa shape index (κ3) is 3.19. The molecule has 3 aromatic heterocycles. The highest BCUT2D eigenvalue weighted by molar-refractivity contribution is 5.90. The zero-order chi connectivity index (χ0) is 18.8. The van der Waals surface area contributed by atoms with Crippen molar-refractivity contribution >= 4 is 16.6 Å². The molecular formula is C20H19FN6. The van der Waals surface area contributed by atoms with Crippen LogP contribution in [0.2, 0.25) is 0 Å². The van der Waals surface area contributed by atoms with Crippen LogP contribution >= 0.6 is 0 Å². The van der Waals surface area contributed by atoms with Gasteiger partial charge < -0.3 is 5.32 Å². The molecule has 0 saturated heterocycles. The van der Waals surface area contributed by atoms with Crippen LogP contribution in [0.1, 0.15) is 30.6 Å². The molecular weight excluding hydrogens is 343 g/mol. The van der Waals surface area contributed by atoms with Crippen LogP contribution in [-0.2, 0) is 0 Å². The number of rotatable bonds is 6. The highest BCUT2D eigenvalue weighted by atomic mass is 19.1. The number of aromatic nitrogens is 5. The average Bonchev–Trinajstić information content (AvgIpc) is 3.36. The molecule has 136 valence electrons. The number of nitrogens with zero attached hydrogens (tertiary/aromatic N) is 4. The average molecular weight is 362 g/mol. The van der Waals surface area contributed by atoms with E-state index in [-0.39, 0.29) is 11.9 Å². The molecule has 0 radical (unpaired) electrons. The third-order valence-corrected chi connectivity index (χ3v) is 4.55. The summed E-state index contributed by atoms with van der Waals surface area (Å²) in [5.74, 6) is -0.281. The van der Waals surface area contributed by atoms with E-state index in [0.29, 0.717) is 0 Å². The first kappa shape index (κ1) is 17.0. The second-order valence-corrected chi connectivity index (χ2v) is 6.25. The minimum absolute atomic E-state index is 0.0717. The predicted molar refractivity (Wildman–Crippen MR) is 103 cm³/mol. The van der Waals surface area contributed by atoms with Crippen LogP contribution in [-0.4, -0.2) is 25.0 Å². The number of benzene rings is 1. The van der Waals surface area contributed by atoms with Crippen LogP contribution in [0.15, 0.2) is 61.7 Å². The third-order valence-electron chi connectivity index (χ3n) is 4.55. The minimum atomic E-state index is -0.281. The molecule has 7 heteroatoms. The van der Waals surface area contributed by atoms with Gasteiger partial charge >= 0.3 is 0 Å². The van der Waals surface area contributed by atoms with Crippen molar-refractivity contribution in [2.45, 2.75) is 19.4 Å². The Morgan fingerprint density at radius 1 is 1.22 bits per heavy atom. The monoisotopic (exact) mass is 362 g/mol. The number of nitrogens with one attached hydrogen (secondary N) is 2. The number of aromatic amines is 1. The van der Waals surface area contributed by atoms with Crippen LogP contribution in [0.4, 0.5) is 4.39 Å². The maximum Gasteiger partial charge on any atom is 0.123 e. The van der Waals surface area contributed by atoms with Crippen molar-refractivity contribution in [1.29, 1.82) is 0 Å². The SMILES string of the molecule is C=C(N[C@@H](CC)c1ccn[nH]1)c1cncc2c1cnn2-c1ccc(F)cc1. The number of fused-ring (bicyclic) bond motifs is 1. The van der Waals surface area contributed by atoms with Gasteiger partial charge in [0.25, 0.3) is 0 Å². The highest BCUT2D eigenvalue weighted by Gasteiger charge is 2.15. The fraction of sp³-hybridized carbons (Fsp3) is 0.150. The molecule has 4 aromatic rings. The quantitative estimate of drug-likeness (QED) is 0.544. The van der Waals surface area contributed by atoms with Crippen LogP contribution < -0.4 is 5.32 Å². The summed E-state index contributed by atoms with van der Waals surface area (Å²) in [5, 5.41) is 15.8. The molecule has 0 amide bonds. The van der Waals surface area contributed by atoms with Crippen molar-refractivity contribution in [2.24, 2.45) is 0 Å². The summed E-state index contributed by atoms with van der Waals surface area (Å²) in [7, 11) is 0.